The van der Waals surface area contributed by atoms with Gasteiger partial charge >= 0.3 is 0 Å². The summed E-state index contributed by atoms with van der Waals surface area (Å²) in [6.07, 6.45) is 1.79. The van der Waals surface area contributed by atoms with E-state index in [0.717, 1.165) is 29.5 Å². The van der Waals surface area contributed by atoms with Gasteiger partial charge in [0.25, 0.3) is 0 Å². The second kappa shape index (κ2) is 7.71. The van der Waals surface area contributed by atoms with Gasteiger partial charge in [-0.05, 0) is 59.4 Å². The van der Waals surface area contributed by atoms with Gasteiger partial charge in [-0.1, -0.05) is 67.1 Å². The molecule has 2 heteroatoms. The normalized spacial score (nSPS) is 10.4. The molecular weight excluding hydrogens is 308 g/mol. The van der Waals surface area contributed by atoms with Crippen molar-refractivity contribution >= 4 is 5.57 Å². The summed E-state index contributed by atoms with van der Waals surface area (Å²) < 4.78 is 0. The zero-order valence-corrected chi connectivity index (χ0v) is 14.3. The van der Waals surface area contributed by atoms with Gasteiger partial charge in [-0.25, -0.2) is 0 Å². The topological polar surface area (TPSA) is 40.5 Å². The first-order valence-corrected chi connectivity index (χ1v) is 8.52. The van der Waals surface area contributed by atoms with Crippen LogP contribution in [0.3, 0.4) is 0 Å². The monoisotopic (exact) mass is 330 g/mol. The Balaban J connectivity index is 2.13. The number of phenols is 2. The highest BCUT2D eigenvalue weighted by Crippen LogP contribution is 2.32. The maximum atomic E-state index is 9.63. The molecule has 0 fully saturated rings. The van der Waals surface area contributed by atoms with E-state index in [1.807, 2.05) is 30.3 Å². The van der Waals surface area contributed by atoms with Gasteiger partial charge in [0.1, 0.15) is 11.5 Å². The summed E-state index contributed by atoms with van der Waals surface area (Å²) in [5.74, 6) is 0.518. The number of rotatable bonds is 5. The molecule has 0 unspecified atom stereocenters. The third kappa shape index (κ3) is 4.10. The average molecular weight is 330 g/mol. The average Bonchev–Trinajstić information content (AvgIpc) is 2.65. The van der Waals surface area contributed by atoms with E-state index in [-0.39, 0.29) is 11.5 Å². The van der Waals surface area contributed by atoms with E-state index in [1.165, 1.54) is 11.1 Å². The van der Waals surface area contributed by atoms with Crippen molar-refractivity contribution in [1.82, 2.24) is 0 Å². The number of benzene rings is 3. The summed E-state index contributed by atoms with van der Waals surface area (Å²) in [4.78, 5) is 0. The van der Waals surface area contributed by atoms with Crippen molar-refractivity contribution in [1.29, 1.82) is 0 Å². The Morgan fingerprint density at radius 1 is 0.680 bits per heavy atom. The Bertz CT molecular complexity index is 797. The Labute approximate surface area is 148 Å². The van der Waals surface area contributed by atoms with E-state index in [2.05, 4.69) is 31.2 Å². The Hall–Kier alpha value is -3.00. The molecule has 0 heterocycles. The van der Waals surface area contributed by atoms with Crippen molar-refractivity contribution in [3.05, 3.63) is 101 Å². The van der Waals surface area contributed by atoms with Crippen molar-refractivity contribution in [3.8, 4) is 11.5 Å². The molecule has 0 aliphatic heterocycles. The smallest absolute Gasteiger partial charge is 0.115 e. The molecule has 0 aliphatic rings. The van der Waals surface area contributed by atoms with Crippen LogP contribution in [0.1, 0.15) is 30.0 Å². The molecule has 0 saturated heterocycles. The first kappa shape index (κ1) is 16.8. The highest BCUT2D eigenvalue weighted by molar-refractivity contribution is 5.82. The maximum absolute atomic E-state index is 9.63. The van der Waals surface area contributed by atoms with Gasteiger partial charge in [-0.3, -0.25) is 0 Å². The van der Waals surface area contributed by atoms with E-state index in [9.17, 15) is 10.2 Å². The van der Waals surface area contributed by atoms with Gasteiger partial charge in [0, 0.05) is 0 Å². The molecule has 0 amide bonds. The molecular formula is C23H22O2. The maximum Gasteiger partial charge on any atom is 0.115 e. The fourth-order valence-corrected chi connectivity index (χ4v) is 3.06. The molecule has 3 aromatic carbocycles. The highest BCUT2D eigenvalue weighted by atomic mass is 16.3. The summed E-state index contributed by atoms with van der Waals surface area (Å²) in [5.41, 5.74) is 5.89. The van der Waals surface area contributed by atoms with Crippen LogP contribution in [0, 0.1) is 0 Å². The molecule has 126 valence electrons. The molecule has 0 atom stereocenters. The molecule has 0 bridgehead atoms. The van der Waals surface area contributed by atoms with Crippen LogP contribution in [0.25, 0.3) is 5.57 Å². The van der Waals surface area contributed by atoms with E-state index in [0.29, 0.717) is 0 Å². The number of hydrogen-bond donors (Lipinski definition) is 2. The summed E-state index contributed by atoms with van der Waals surface area (Å²) in [7, 11) is 0. The van der Waals surface area contributed by atoms with Crippen molar-refractivity contribution in [3.63, 3.8) is 0 Å². The highest BCUT2D eigenvalue weighted by Gasteiger charge is 2.12. The SMILES string of the molecule is CCC(Cc1ccccc1)=C(c1ccc(O)cc1)c1ccc(O)cc1. The molecule has 0 aromatic heterocycles. The van der Waals surface area contributed by atoms with Crippen molar-refractivity contribution < 1.29 is 10.2 Å². The van der Waals surface area contributed by atoms with Crippen LogP contribution in [0.5, 0.6) is 11.5 Å². The zero-order chi connectivity index (χ0) is 17.6. The largest absolute Gasteiger partial charge is 0.508 e. The fraction of sp³-hybridized carbons (Fsp3) is 0.130. The number of phenolic OH excluding ortho intramolecular Hbond substituents is 2. The molecule has 0 aliphatic carbocycles. The summed E-state index contributed by atoms with van der Waals surface area (Å²) in [5, 5.41) is 19.3. The van der Waals surface area contributed by atoms with Gasteiger partial charge in [-0.2, -0.15) is 0 Å². The number of aromatic hydroxyl groups is 2. The second-order valence-electron chi connectivity index (χ2n) is 6.09. The molecule has 3 aromatic rings. The van der Waals surface area contributed by atoms with Crippen LogP contribution >= 0.6 is 0 Å². The van der Waals surface area contributed by atoms with Gasteiger partial charge < -0.3 is 10.2 Å². The lowest BCUT2D eigenvalue weighted by Gasteiger charge is -2.16. The van der Waals surface area contributed by atoms with Crippen LogP contribution in [-0.2, 0) is 6.42 Å². The predicted octanol–water partition coefficient (Wildman–Crippen LogP) is 5.55. The van der Waals surface area contributed by atoms with E-state index < -0.39 is 0 Å². The lowest BCUT2D eigenvalue weighted by molar-refractivity contribution is 0.475. The Morgan fingerprint density at radius 2 is 1.16 bits per heavy atom. The fourth-order valence-electron chi connectivity index (χ4n) is 3.06. The number of hydrogen-bond acceptors (Lipinski definition) is 2. The van der Waals surface area contributed by atoms with Gasteiger partial charge in [0.15, 0.2) is 0 Å². The van der Waals surface area contributed by atoms with E-state index >= 15 is 0 Å². The molecule has 0 radical (unpaired) electrons. The lowest BCUT2D eigenvalue weighted by Crippen LogP contribution is -1.98. The minimum atomic E-state index is 0.259. The summed E-state index contributed by atoms with van der Waals surface area (Å²) >= 11 is 0. The molecule has 2 N–H and O–H groups in total. The first-order chi connectivity index (χ1) is 12.2. The van der Waals surface area contributed by atoms with Gasteiger partial charge in [0.2, 0.25) is 0 Å². The zero-order valence-electron chi connectivity index (χ0n) is 14.3. The van der Waals surface area contributed by atoms with Crippen LogP contribution in [-0.4, -0.2) is 10.2 Å². The van der Waals surface area contributed by atoms with Gasteiger partial charge in [0.05, 0.1) is 0 Å². The van der Waals surface area contributed by atoms with Gasteiger partial charge in [-0.15, -0.1) is 0 Å². The summed E-state index contributed by atoms with van der Waals surface area (Å²) in [6.45, 7) is 2.17. The van der Waals surface area contributed by atoms with E-state index in [4.69, 9.17) is 0 Å². The second-order valence-corrected chi connectivity index (χ2v) is 6.09. The van der Waals surface area contributed by atoms with Crippen molar-refractivity contribution in [2.24, 2.45) is 0 Å². The van der Waals surface area contributed by atoms with Crippen molar-refractivity contribution in [2.75, 3.05) is 0 Å². The minimum absolute atomic E-state index is 0.259. The van der Waals surface area contributed by atoms with Crippen LogP contribution in [0.4, 0.5) is 0 Å². The van der Waals surface area contributed by atoms with Crippen molar-refractivity contribution in [2.45, 2.75) is 19.8 Å². The first-order valence-electron chi connectivity index (χ1n) is 8.52. The third-order valence-electron chi connectivity index (χ3n) is 4.35. The van der Waals surface area contributed by atoms with Crippen LogP contribution in [0.15, 0.2) is 84.4 Å². The molecule has 3 rings (SSSR count). The molecule has 2 nitrogen and oxygen atoms in total. The third-order valence-corrected chi connectivity index (χ3v) is 4.35. The standard InChI is InChI=1S/C23H22O2/c1-2-18(16-17-6-4-3-5-7-17)23(19-8-12-21(24)13-9-19)20-10-14-22(25)15-11-20/h3-15,24-25H,2,16H2,1H3. The summed E-state index contributed by atoms with van der Waals surface area (Å²) in [6, 6.07) is 25.1. The number of allylic oxidation sites excluding steroid dienone is 1. The Kier molecular flexibility index (Phi) is 5.20. The predicted molar refractivity (Wildman–Crippen MR) is 103 cm³/mol. The minimum Gasteiger partial charge on any atom is -0.508 e. The Morgan fingerprint density at radius 3 is 1.60 bits per heavy atom. The molecule has 25 heavy (non-hydrogen) atoms. The van der Waals surface area contributed by atoms with Crippen LogP contribution in [0.2, 0.25) is 0 Å². The van der Waals surface area contributed by atoms with Crippen LogP contribution < -0.4 is 0 Å². The van der Waals surface area contributed by atoms with E-state index in [1.54, 1.807) is 24.3 Å². The lowest BCUT2D eigenvalue weighted by atomic mass is 9.88. The molecule has 0 saturated carbocycles. The molecule has 0 spiro atoms. The quantitative estimate of drug-likeness (QED) is 0.643.